The SMILES string of the molecule is O=C(Cc1cc(F)ccc1Cl)c1ccc(Br)c(Cl)c1. The fourth-order valence-electron chi connectivity index (χ4n) is 1.62. The second-order valence-electron chi connectivity index (χ2n) is 3.96. The summed E-state index contributed by atoms with van der Waals surface area (Å²) >= 11 is 15.1. The molecule has 0 amide bonds. The van der Waals surface area contributed by atoms with Crippen molar-refractivity contribution in [2.24, 2.45) is 0 Å². The molecule has 2 aromatic carbocycles. The summed E-state index contributed by atoms with van der Waals surface area (Å²) in [5, 5.41) is 0.828. The number of hydrogen-bond acceptors (Lipinski definition) is 1. The van der Waals surface area contributed by atoms with Gasteiger partial charge in [-0.3, -0.25) is 4.79 Å². The molecule has 0 unspecified atom stereocenters. The fourth-order valence-corrected chi connectivity index (χ4v) is 2.23. The molecule has 0 aliphatic rings. The van der Waals surface area contributed by atoms with Crippen molar-refractivity contribution in [3.05, 3.63) is 67.9 Å². The summed E-state index contributed by atoms with van der Waals surface area (Å²) in [5.41, 5.74) is 0.930. The highest BCUT2D eigenvalue weighted by Crippen LogP contribution is 2.25. The number of Topliss-reactive ketones (excluding diaryl/α,β-unsaturated/α-hetero) is 1. The van der Waals surface area contributed by atoms with Gasteiger partial charge in [-0.05, 0) is 51.8 Å². The van der Waals surface area contributed by atoms with E-state index in [0.29, 0.717) is 21.2 Å². The maximum Gasteiger partial charge on any atom is 0.167 e. The van der Waals surface area contributed by atoms with Gasteiger partial charge < -0.3 is 0 Å². The number of carbonyl (C=O) groups is 1. The molecule has 19 heavy (non-hydrogen) atoms. The lowest BCUT2D eigenvalue weighted by Crippen LogP contribution is -2.04. The van der Waals surface area contributed by atoms with E-state index in [2.05, 4.69) is 15.9 Å². The number of rotatable bonds is 3. The van der Waals surface area contributed by atoms with Gasteiger partial charge in [0.15, 0.2) is 5.78 Å². The van der Waals surface area contributed by atoms with Crippen molar-refractivity contribution in [3.8, 4) is 0 Å². The van der Waals surface area contributed by atoms with E-state index in [9.17, 15) is 9.18 Å². The van der Waals surface area contributed by atoms with Gasteiger partial charge in [-0.2, -0.15) is 0 Å². The van der Waals surface area contributed by atoms with Crippen LogP contribution in [0.1, 0.15) is 15.9 Å². The van der Waals surface area contributed by atoms with Crippen molar-refractivity contribution in [3.63, 3.8) is 0 Å². The lowest BCUT2D eigenvalue weighted by molar-refractivity contribution is 0.0993. The van der Waals surface area contributed by atoms with Gasteiger partial charge >= 0.3 is 0 Å². The molecule has 98 valence electrons. The van der Waals surface area contributed by atoms with Crippen molar-refractivity contribution in [2.45, 2.75) is 6.42 Å². The van der Waals surface area contributed by atoms with Gasteiger partial charge in [0.05, 0.1) is 5.02 Å². The first kappa shape index (κ1) is 14.5. The maximum absolute atomic E-state index is 13.1. The smallest absolute Gasteiger partial charge is 0.167 e. The Morgan fingerprint density at radius 2 is 1.84 bits per heavy atom. The molecule has 0 saturated heterocycles. The molecule has 0 bridgehead atoms. The lowest BCUT2D eigenvalue weighted by Gasteiger charge is -2.05. The van der Waals surface area contributed by atoms with E-state index >= 15 is 0 Å². The zero-order chi connectivity index (χ0) is 14.0. The van der Waals surface area contributed by atoms with E-state index in [1.807, 2.05) is 0 Å². The summed E-state index contributed by atoms with van der Waals surface area (Å²) in [4.78, 5) is 12.1. The highest BCUT2D eigenvalue weighted by Gasteiger charge is 2.12. The Labute approximate surface area is 128 Å². The third-order valence-corrected chi connectivity index (χ3v) is 4.20. The zero-order valence-electron chi connectivity index (χ0n) is 9.59. The highest BCUT2D eigenvalue weighted by atomic mass is 79.9. The average molecular weight is 362 g/mol. The number of halogens is 4. The summed E-state index contributed by atoms with van der Waals surface area (Å²) in [6, 6.07) is 8.89. The van der Waals surface area contributed by atoms with E-state index in [0.717, 1.165) is 4.47 Å². The average Bonchev–Trinajstić information content (AvgIpc) is 2.37. The van der Waals surface area contributed by atoms with E-state index in [1.54, 1.807) is 18.2 Å². The number of hydrogen-bond donors (Lipinski definition) is 0. The Hall–Kier alpha value is -0.900. The van der Waals surface area contributed by atoms with Gasteiger partial charge in [-0.15, -0.1) is 0 Å². The first-order valence-electron chi connectivity index (χ1n) is 5.39. The minimum atomic E-state index is -0.416. The van der Waals surface area contributed by atoms with Crippen molar-refractivity contribution in [2.75, 3.05) is 0 Å². The Morgan fingerprint density at radius 3 is 2.53 bits per heavy atom. The van der Waals surface area contributed by atoms with Gasteiger partial charge in [-0.1, -0.05) is 29.3 Å². The Kier molecular flexibility index (Phi) is 4.61. The van der Waals surface area contributed by atoms with Crippen LogP contribution in [0.5, 0.6) is 0 Å². The van der Waals surface area contributed by atoms with Gasteiger partial charge in [0.2, 0.25) is 0 Å². The van der Waals surface area contributed by atoms with Crippen LogP contribution in [0, 0.1) is 5.82 Å². The van der Waals surface area contributed by atoms with Crippen molar-refractivity contribution in [1.29, 1.82) is 0 Å². The molecular formula is C14H8BrCl2FO. The largest absolute Gasteiger partial charge is 0.294 e. The monoisotopic (exact) mass is 360 g/mol. The molecule has 0 radical (unpaired) electrons. The van der Waals surface area contributed by atoms with Gasteiger partial charge in [0, 0.05) is 21.5 Å². The second-order valence-corrected chi connectivity index (χ2v) is 5.63. The quantitative estimate of drug-likeness (QED) is 0.676. The molecule has 0 N–H and O–H groups in total. The zero-order valence-corrected chi connectivity index (χ0v) is 12.7. The molecule has 0 aliphatic heterocycles. The lowest BCUT2D eigenvalue weighted by atomic mass is 10.0. The van der Waals surface area contributed by atoms with Crippen molar-refractivity contribution >= 4 is 44.9 Å². The van der Waals surface area contributed by atoms with Crippen LogP contribution < -0.4 is 0 Å². The van der Waals surface area contributed by atoms with E-state index in [4.69, 9.17) is 23.2 Å². The Bertz CT molecular complexity index is 643. The molecular weight excluding hydrogens is 354 g/mol. The van der Waals surface area contributed by atoms with E-state index < -0.39 is 5.82 Å². The molecule has 5 heteroatoms. The summed E-state index contributed by atoms with van der Waals surface area (Å²) in [5.74, 6) is -0.581. The van der Waals surface area contributed by atoms with Crippen LogP contribution in [-0.4, -0.2) is 5.78 Å². The second kappa shape index (κ2) is 6.04. The van der Waals surface area contributed by atoms with Crippen LogP contribution in [0.15, 0.2) is 40.9 Å². The first-order chi connectivity index (χ1) is 8.97. The summed E-state index contributed by atoms with van der Waals surface area (Å²) in [6.45, 7) is 0. The summed E-state index contributed by atoms with van der Waals surface area (Å²) < 4.78 is 13.8. The Balaban J connectivity index is 2.25. The molecule has 0 atom stereocenters. The predicted octanol–water partition coefficient (Wildman–Crippen LogP) is 5.32. The summed E-state index contributed by atoms with van der Waals surface area (Å²) in [6.07, 6.45) is 0.0363. The third kappa shape index (κ3) is 3.56. The minimum Gasteiger partial charge on any atom is -0.294 e. The number of benzene rings is 2. The fraction of sp³-hybridized carbons (Fsp3) is 0.0714. The molecule has 0 heterocycles. The van der Waals surface area contributed by atoms with E-state index in [-0.39, 0.29) is 12.2 Å². The predicted molar refractivity (Wildman–Crippen MR) is 78.6 cm³/mol. The standard InChI is InChI=1S/C14H8BrCl2FO/c15-11-3-1-8(6-13(11)17)14(19)7-9-5-10(18)2-4-12(9)16/h1-6H,7H2. The van der Waals surface area contributed by atoms with Crippen LogP contribution in [0.3, 0.4) is 0 Å². The molecule has 1 nitrogen and oxygen atoms in total. The molecule has 0 saturated carbocycles. The normalized spacial score (nSPS) is 10.5. The van der Waals surface area contributed by atoms with Crippen LogP contribution in [-0.2, 0) is 6.42 Å². The van der Waals surface area contributed by atoms with Crippen LogP contribution in [0.2, 0.25) is 10.0 Å². The van der Waals surface area contributed by atoms with Crippen LogP contribution in [0.4, 0.5) is 4.39 Å². The molecule has 0 aliphatic carbocycles. The highest BCUT2D eigenvalue weighted by molar-refractivity contribution is 9.10. The number of ketones is 1. The van der Waals surface area contributed by atoms with Crippen LogP contribution >= 0.6 is 39.1 Å². The summed E-state index contributed by atoms with van der Waals surface area (Å²) in [7, 11) is 0. The molecule has 0 fully saturated rings. The maximum atomic E-state index is 13.1. The van der Waals surface area contributed by atoms with Crippen molar-refractivity contribution in [1.82, 2.24) is 0 Å². The third-order valence-electron chi connectivity index (χ3n) is 2.60. The van der Waals surface area contributed by atoms with Gasteiger partial charge in [0.1, 0.15) is 5.82 Å². The van der Waals surface area contributed by atoms with E-state index in [1.165, 1.54) is 18.2 Å². The number of carbonyl (C=O) groups excluding carboxylic acids is 1. The molecule has 0 spiro atoms. The van der Waals surface area contributed by atoms with Gasteiger partial charge in [-0.25, -0.2) is 4.39 Å². The minimum absolute atomic E-state index is 0.0363. The molecule has 0 aromatic heterocycles. The topological polar surface area (TPSA) is 17.1 Å². The van der Waals surface area contributed by atoms with Crippen LogP contribution in [0.25, 0.3) is 0 Å². The van der Waals surface area contributed by atoms with Crippen molar-refractivity contribution < 1.29 is 9.18 Å². The molecule has 2 rings (SSSR count). The molecule has 2 aromatic rings. The van der Waals surface area contributed by atoms with Gasteiger partial charge in [0.25, 0.3) is 0 Å². The Morgan fingerprint density at radius 1 is 1.11 bits per heavy atom. The first-order valence-corrected chi connectivity index (χ1v) is 6.94.